The zero-order valence-electron chi connectivity index (χ0n) is 14.0. The van der Waals surface area contributed by atoms with Crippen LogP contribution in [0.1, 0.15) is 18.2 Å². The lowest BCUT2D eigenvalue weighted by atomic mass is 10.2. The van der Waals surface area contributed by atoms with Gasteiger partial charge in [-0.25, -0.2) is 14.4 Å². The number of aromatic amines is 1. The summed E-state index contributed by atoms with van der Waals surface area (Å²) < 4.78 is 31.4. The van der Waals surface area contributed by atoms with Crippen LogP contribution in [0.3, 0.4) is 0 Å². The molecule has 9 nitrogen and oxygen atoms in total. The van der Waals surface area contributed by atoms with Gasteiger partial charge in [-0.1, -0.05) is 30.3 Å². The van der Waals surface area contributed by atoms with Crippen LogP contribution in [0.4, 0.5) is 0 Å². The first-order chi connectivity index (χ1) is 12.9. The molecular formula is C16H17IN3O6P. The van der Waals surface area contributed by atoms with Crippen LogP contribution in [0.15, 0.2) is 46.1 Å². The van der Waals surface area contributed by atoms with Crippen molar-refractivity contribution in [3.8, 4) is 0 Å². The quantitative estimate of drug-likeness (QED) is 0.481. The monoisotopic (exact) mass is 505 g/mol. The van der Waals surface area contributed by atoms with Crippen LogP contribution in [0.2, 0.25) is 0 Å². The Morgan fingerprint density at radius 2 is 2.04 bits per heavy atom. The second-order valence-electron chi connectivity index (χ2n) is 6.27. The lowest BCUT2D eigenvalue weighted by Gasteiger charge is -2.30. The second-order valence-corrected chi connectivity index (χ2v) is 9.21. The molecule has 1 aromatic carbocycles. The number of H-pyrrole nitrogens is 1. The van der Waals surface area contributed by atoms with Crippen molar-refractivity contribution in [2.45, 2.75) is 31.4 Å². The molecule has 0 amide bonds. The molecule has 2 fully saturated rings. The molecule has 0 unspecified atom stereocenters. The molecule has 2 N–H and O–H groups in total. The molecule has 0 spiro atoms. The van der Waals surface area contributed by atoms with E-state index in [1.165, 1.54) is 10.8 Å². The first-order valence-corrected chi connectivity index (χ1v) is 10.9. The second kappa shape index (κ2) is 7.61. The van der Waals surface area contributed by atoms with E-state index in [0.29, 0.717) is 16.5 Å². The first kappa shape index (κ1) is 19.0. The summed E-state index contributed by atoms with van der Waals surface area (Å²) in [6.07, 6.45) is 0.230. The highest BCUT2D eigenvalue weighted by atomic mass is 127. The SMILES string of the molecule is O=c1[nH]c(=O)n([C@H]2C[C@@H]3O[P@@](=O)(NCc4ccccc4)OC[C@H]3O2)cc1I. The molecule has 144 valence electrons. The fourth-order valence-electron chi connectivity index (χ4n) is 3.05. The molecule has 0 saturated carbocycles. The number of hydrogen-bond donors (Lipinski definition) is 2. The van der Waals surface area contributed by atoms with Crippen LogP contribution in [0.5, 0.6) is 0 Å². The molecule has 0 aliphatic carbocycles. The van der Waals surface area contributed by atoms with Crippen molar-refractivity contribution in [3.63, 3.8) is 0 Å². The summed E-state index contributed by atoms with van der Waals surface area (Å²) in [7, 11) is -3.47. The van der Waals surface area contributed by atoms with E-state index in [9.17, 15) is 14.2 Å². The number of nitrogens with zero attached hydrogens (tertiary/aromatic N) is 1. The van der Waals surface area contributed by atoms with Crippen LogP contribution in [0, 0.1) is 3.57 Å². The van der Waals surface area contributed by atoms with Gasteiger partial charge < -0.3 is 4.74 Å². The molecule has 2 aromatic rings. The molecule has 2 aliphatic heterocycles. The van der Waals surface area contributed by atoms with E-state index in [1.807, 2.05) is 52.9 Å². The number of benzene rings is 1. The summed E-state index contributed by atoms with van der Waals surface area (Å²) in [4.78, 5) is 25.8. The van der Waals surface area contributed by atoms with Crippen LogP contribution in [0.25, 0.3) is 0 Å². The predicted octanol–water partition coefficient (Wildman–Crippen LogP) is 1.74. The van der Waals surface area contributed by atoms with Crippen molar-refractivity contribution >= 4 is 30.3 Å². The normalized spacial score (nSPS) is 30.2. The smallest absolute Gasteiger partial charge is 0.349 e. The van der Waals surface area contributed by atoms with Gasteiger partial charge in [0.25, 0.3) is 5.56 Å². The fourth-order valence-corrected chi connectivity index (χ4v) is 5.01. The maximum absolute atomic E-state index is 12.8. The number of nitrogens with one attached hydrogen (secondary N) is 2. The standard InChI is InChI=1S/C16H17IN3O6P/c17-11-8-20(16(22)19-15(11)21)14-6-12-13(25-14)9-24-27(23,26-12)18-7-10-4-2-1-3-5-10/h1-5,8,12-14H,6-7,9H2,(H,18,23)(H,19,21,22)/t12-,13+,14+,27+/m0/s1. The molecule has 3 heterocycles. The highest BCUT2D eigenvalue weighted by Gasteiger charge is 2.47. The molecule has 4 atom stereocenters. The van der Waals surface area contributed by atoms with Crippen molar-refractivity contribution in [1.82, 2.24) is 14.6 Å². The average Bonchev–Trinajstić information content (AvgIpc) is 3.06. The Kier molecular flexibility index (Phi) is 5.36. The van der Waals surface area contributed by atoms with Crippen molar-refractivity contribution in [3.05, 3.63) is 66.5 Å². The summed E-state index contributed by atoms with van der Waals surface area (Å²) in [6.45, 7) is 0.437. The Morgan fingerprint density at radius 1 is 1.26 bits per heavy atom. The molecule has 2 saturated heterocycles. The molecule has 0 bridgehead atoms. The van der Waals surface area contributed by atoms with E-state index in [-0.39, 0.29) is 6.61 Å². The Balaban J connectivity index is 1.45. The third-order valence-electron chi connectivity index (χ3n) is 4.42. The Labute approximate surface area is 167 Å². The minimum atomic E-state index is -3.47. The van der Waals surface area contributed by atoms with E-state index in [4.69, 9.17) is 13.8 Å². The van der Waals surface area contributed by atoms with E-state index in [0.717, 1.165) is 5.56 Å². The first-order valence-electron chi connectivity index (χ1n) is 8.32. The highest BCUT2D eigenvalue weighted by Crippen LogP contribution is 2.52. The zero-order valence-corrected chi connectivity index (χ0v) is 17.1. The lowest BCUT2D eigenvalue weighted by Crippen LogP contribution is -2.36. The fraction of sp³-hybridized carbons (Fsp3) is 0.375. The topological polar surface area (TPSA) is 112 Å². The number of aromatic nitrogens is 2. The summed E-state index contributed by atoms with van der Waals surface area (Å²) in [5, 5.41) is 2.85. The molecule has 0 radical (unpaired) electrons. The number of fused-ring (bicyclic) bond motifs is 1. The van der Waals surface area contributed by atoms with E-state index < -0.39 is 37.4 Å². The van der Waals surface area contributed by atoms with Crippen LogP contribution >= 0.6 is 30.3 Å². The molecule has 4 rings (SSSR count). The van der Waals surface area contributed by atoms with Gasteiger partial charge in [0, 0.05) is 19.2 Å². The number of ether oxygens (including phenoxy) is 1. The van der Waals surface area contributed by atoms with Gasteiger partial charge in [-0.3, -0.25) is 23.4 Å². The molecule has 27 heavy (non-hydrogen) atoms. The summed E-state index contributed by atoms with van der Waals surface area (Å²) in [5.41, 5.74) is -0.0474. The van der Waals surface area contributed by atoms with Gasteiger partial charge in [0.05, 0.1) is 10.2 Å². The summed E-state index contributed by atoms with van der Waals surface area (Å²) in [5.74, 6) is 0. The van der Waals surface area contributed by atoms with E-state index in [2.05, 4.69) is 10.1 Å². The average molecular weight is 505 g/mol. The van der Waals surface area contributed by atoms with Crippen molar-refractivity contribution in [2.75, 3.05) is 6.61 Å². The van der Waals surface area contributed by atoms with Gasteiger partial charge >= 0.3 is 13.4 Å². The predicted molar refractivity (Wildman–Crippen MR) is 104 cm³/mol. The number of hydrogen-bond acceptors (Lipinski definition) is 6. The van der Waals surface area contributed by atoms with E-state index in [1.54, 1.807) is 0 Å². The van der Waals surface area contributed by atoms with E-state index >= 15 is 0 Å². The molecule has 2 aliphatic rings. The number of rotatable bonds is 4. The van der Waals surface area contributed by atoms with Gasteiger partial charge in [-0.15, -0.1) is 0 Å². The van der Waals surface area contributed by atoms with Crippen LogP contribution in [-0.4, -0.2) is 28.4 Å². The van der Waals surface area contributed by atoms with Gasteiger partial charge in [0.1, 0.15) is 18.4 Å². The third kappa shape index (κ3) is 4.10. The van der Waals surface area contributed by atoms with Crippen molar-refractivity contribution in [2.24, 2.45) is 0 Å². The maximum atomic E-state index is 12.8. The lowest BCUT2D eigenvalue weighted by molar-refractivity contribution is -0.0603. The Hall–Kier alpha value is -1.30. The van der Waals surface area contributed by atoms with Crippen LogP contribution in [-0.2, 0) is 24.9 Å². The summed E-state index contributed by atoms with van der Waals surface area (Å²) in [6, 6.07) is 9.50. The summed E-state index contributed by atoms with van der Waals surface area (Å²) >= 11 is 1.85. The minimum absolute atomic E-state index is 0.0927. The Bertz CT molecular complexity index is 994. The zero-order chi connectivity index (χ0) is 19.0. The molecule has 1 aromatic heterocycles. The van der Waals surface area contributed by atoms with Gasteiger partial charge in [-0.05, 0) is 28.2 Å². The third-order valence-corrected chi connectivity index (χ3v) is 6.77. The van der Waals surface area contributed by atoms with Gasteiger partial charge in [0.2, 0.25) is 0 Å². The van der Waals surface area contributed by atoms with Crippen molar-refractivity contribution in [1.29, 1.82) is 0 Å². The highest BCUT2D eigenvalue weighted by molar-refractivity contribution is 14.1. The van der Waals surface area contributed by atoms with Crippen LogP contribution < -0.4 is 16.3 Å². The maximum Gasteiger partial charge on any atom is 0.406 e. The number of halogens is 1. The van der Waals surface area contributed by atoms with Gasteiger partial charge in [0.15, 0.2) is 0 Å². The van der Waals surface area contributed by atoms with Crippen molar-refractivity contribution < 1.29 is 18.3 Å². The van der Waals surface area contributed by atoms with Gasteiger partial charge in [-0.2, -0.15) is 0 Å². The largest absolute Gasteiger partial charge is 0.406 e. The minimum Gasteiger partial charge on any atom is -0.349 e. The molecule has 11 heteroatoms. The molecular weight excluding hydrogens is 488 g/mol. The Morgan fingerprint density at radius 3 is 2.81 bits per heavy atom.